The molecule has 2 rings (SSSR count). The van der Waals surface area contributed by atoms with Crippen molar-refractivity contribution in [3.8, 4) is 0 Å². The molecule has 1 aromatic carbocycles. The van der Waals surface area contributed by atoms with Crippen molar-refractivity contribution in [3.63, 3.8) is 0 Å². The maximum Gasteiger partial charge on any atom is 0.253 e. The third-order valence-corrected chi connectivity index (χ3v) is 3.80. The van der Waals surface area contributed by atoms with Crippen LogP contribution in [0.5, 0.6) is 0 Å². The van der Waals surface area contributed by atoms with Crippen LogP contribution >= 0.6 is 15.9 Å². The highest BCUT2D eigenvalue weighted by Gasteiger charge is 2.23. The summed E-state index contributed by atoms with van der Waals surface area (Å²) in [5, 5.41) is 0. The Labute approximate surface area is 115 Å². The number of benzene rings is 1. The van der Waals surface area contributed by atoms with Crippen molar-refractivity contribution in [3.05, 3.63) is 34.3 Å². The molecule has 1 amide bonds. The van der Waals surface area contributed by atoms with E-state index in [4.69, 9.17) is 5.90 Å². The van der Waals surface area contributed by atoms with E-state index < -0.39 is 0 Å². The third kappa shape index (κ3) is 3.31. The van der Waals surface area contributed by atoms with Gasteiger partial charge in [0.1, 0.15) is 0 Å². The predicted molar refractivity (Wildman–Crippen MR) is 72.9 cm³/mol. The molecular formula is C13H17BrN2O2. The van der Waals surface area contributed by atoms with Gasteiger partial charge in [-0.15, -0.1) is 0 Å². The van der Waals surface area contributed by atoms with Gasteiger partial charge in [-0.25, -0.2) is 5.90 Å². The van der Waals surface area contributed by atoms with E-state index in [-0.39, 0.29) is 5.91 Å². The standard InChI is InChI=1S/C13H17BrN2O2/c14-12-3-1-2-11(8-12)13(17)16-6-4-10(5-7-16)9-18-15/h1-3,8,10H,4-7,9,15H2. The summed E-state index contributed by atoms with van der Waals surface area (Å²) in [6.45, 7) is 2.14. The highest BCUT2D eigenvalue weighted by molar-refractivity contribution is 9.10. The van der Waals surface area contributed by atoms with E-state index in [1.165, 1.54) is 0 Å². The first-order valence-electron chi connectivity index (χ1n) is 6.07. The number of hydrogen-bond acceptors (Lipinski definition) is 3. The zero-order valence-corrected chi connectivity index (χ0v) is 11.7. The molecule has 0 radical (unpaired) electrons. The lowest BCUT2D eigenvalue weighted by atomic mass is 9.97. The number of nitrogens with zero attached hydrogens (tertiary/aromatic N) is 1. The summed E-state index contributed by atoms with van der Waals surface area (Å²) in [5.74, 6) is 5.65. The van der Waals surface area contributed by atoms with Gasteiger partial charge in [-0.05, 0) is 37.0 Å². The van der Waals surface area contributed by atoms with Crippen LogP contribution in [0.25, 0.3) is 0 Å². The largest absolute Gasteiger partial charge is 0.339 e. The van der Waals surface area contributed by atoms with Gasteiger partial charge in [-0.1, -0.05) is 22.0 Å². The highest BCUT2D eigenvalue weighted by atomic mass is 79.9. The van der Waals surface area contributed by atoms with Crippen molar-refractivity contribution < 1.29 is 9.63 Å². The van der Waals surface area contributed by atoms with E-state index in [1.807, 2.05) is 29.2 Å². The number of nitrogens with two attached hydrogens (primary N) is 1. The summed E-state index contributed by atoms with van der Waals surface area (Å²) in [7, 11) is 0. The van der Waals surface area contributed by atoms with Crippen molar-refractivity contribution in [2.75, 3.05) is 19.7 Å². The molecule has 0 bridgehead atoms. The van der Waals surface area contributed by atoms with E-state index in [0.717, 1.165) is 36.0 Å². The first-order chi connectivity index (χ1) is 8.70. The molecule has 0 spiro atoms. The van der Waals surface area contributed by atoms with Gasteiger partial charge in [0.15, 0.2) is 0 Å². The fraction of sp³-hybridized carbons (Fsp3) is 0.462. The van der Waals surface area contributed by atoms with Crippen LogP contribution in [0.3, 0.4) is 0 Å². The van der Waals surface area contributed by atoms with Crippen LogP contribution in [0, 0.1) is 5.92 Å². The number of hydrogen-bond donors (Lipinski definition) is 1. The normalized spacial score (nSPS) is 16.9. The van der Waals surface area contributed by atoms with Crippen LogP contribution < -0.4 is 5.90 Å². The van der Waals surface area contributed by atoms with Crippen molar-refractivity contribution in [2.45, 2.75) is 12.8 Å². The lowest BCUT2D eigenvalue weighted by Gasteiger charge is -2.31. The zero-order chi connectivity index (χ0) is 13.0. The number of rotatable bonds is 3. The highest BCUT2D eigenvalue weighted by Crippen LogP contribution is 2.20. The fourth-order valence-corrected chi connectivity index (χ4v) is 2.64. The average molecular weight is 313 g/mol. The van der Waals surface area contributed by atoms with Crippen LogP contribution in [0.2, 0.25) is 0 Å². The Hall–Kier alpha value is -0.910. The van der Waals surface area contributed by atoms with Gasteiger partial charge in [-0.3, -0.25) is 4.79 Å². The number of piperidine rings is 1. The van der Waals surface area contributed by atoms with Crippen LogP contribution in [0.1, 0.15) is 23.2 Å². The molecule has 1 heterocycles. The van der Waals surface area contributed by atoms with E-state index in [0.29, 0.717) is 12.5 Å². The smallest absolute Gasteiger partial charge is 0.253 e. The van der Waals surface area contributed by atoms with Crippen LogP contribution in [0.4, 0.5) is 0 Å². The second-order valence-electron chi connectivity index (χ2n) is 4.58. The lowest BCUT2D eigenvalue weighted by Crippen LogP contribution is -2.39. The maximum atomic E-state index is 12.3. The van der Waals surface area contributed by atoms with Crippen molar-refractivity contribution >= 4 is 21.8 Å². The fourth-order valence-electron chi connectivity index (χ4n) is 2.24. The Balaban J connectivity index is 1.95. The van der Waals surface area contributed by atoms with Crippen molar-refractivity contribution in [1.82, 2.24) is 4.90 Å². The van der Waals surface area contributed by atoms with Crippen LogP contribution in [0.15, 0.2) is 28.7 Å². The molecule has 2 N–H and O–H groups in total. The molecule has 1 aliphatic heterocycles. The van der Waals surface area contributed by atoms with Gasteiger partial charge in [0.25, 0.3) is 5.91 Å². The Morgan fingerprint density at radius 2 is 2.17 bits per heavy atom. The predicted octanol–water partition coefficient (Wildman–Crippen LogP) is 2.19. The Kier molecular flexibility index (Phi) is 4.74. The second kappa shape index (κ2) is 6.31. The van der Waals surface area contributed by atoms with Gasteiger partial charge < -0.3 is 9.74 Å². The van der Waals surface area contributed by atoms with E-state index >= 15 is 0 Å². The molecular weight excluding hydrogens is 296 g/mol. The van der Waals surface area contributed by atoms with E-state index in [1.54, 1.807) is 0 Å². The number of carbonyl (C=O) groups is 1. The Bertz CT molecular complexity index is 417. The van der Waals surface area contributed by atoms with Gasteiger partial charge in [-0.2, -0.15) is 0 Å². The molecule has 1 aromatic rings. The summed E-state index contributed by atoms with van der Waals surface area (Å²) in [5.41, 5.74) is 0.734. The molecule has 1 aliphatic rings. The summed E-state index contributed by atoms with van der Waals surface area (Å²) >= 11 is 3.38. The molecule has 0 unspecified atom stereocenters. The van der Waals surface area contributed by atoms with Crippen LogP contribution in [-0.2, 0) is 4.84 Å². The molecule has 1 fully saturated rings. The molecule has 98 valence electrons. The number of carbonyl (C=O) groups excluding carboxylic acids is 1. The molecule has 5 heteroatoms. The van der Waals surface area contributed by atoms with E-state index in [9.17, 15) is 4.79 Å². The van der Waals surface area contributed by atoms with Crippen LogP contribution in [-0.4, -0.2) is 30.5 Å². The summed E-state index contributed by atoms with van der Waals surface area (Å²) in [6, 6.07) is 7.51. The molecule has 0 saturated carbocycles. The first-order valence-corrected chi connectivity index (χ1v) is 6.86. The molecule has 0 atom stereocenters. The Morgan fingerprint density at radius 1 is 1.44 bits per heavy atom. The zero-order valence-electron chi connectivity index (χ0n) is 10.1. The Morgan fingerprint density at radius 3 is 2.78 bits per heavy atom. The van der Waals surface area contributed by atoms with Gasteiger partial charge in [0, 0.05) is 23.1 Å². The maximum absolute atomic E-state index is 12.3. The molecule has 18 heavy (non-hydrogen) atoms. The monoisotopic (exact) mass is 312 g/mol. The quantitative estimate of drug-likeness (QED) is 0.870. The minimum absolute atomic E-state index is 0.100. The van der Waals surface area contributed by atoms with Gasteiger partial charge >= 0.3 is 0 Å². The number of amides is 1. The third-order valence-electron chi connectivity index (χ3n) is 3.31. The summed E-state index contributed by atoms with van der Waals surface area (Å²) in [6.07, 6.45) is 1.91. The number of likely N-dealkylation sites (tertiary alicyclic amines) is 1. The van der Waals surface area contributed by atoms with Gasteiger partial charge in [0.05, 0.1) is 6.61 Å². The van der Waals surface area contributed by atoms with Gasteiger partial charge in [0.2, 0.25) is 0 Å². The van der Waals surface area contributed by atoms with E-state index in [2.05, 4.69) is 20.8 Å². The molecule has 1 saturated heterocycles. The molecule has 0 aliphatic carbocycles. The van der Waals surface area contributed by atoms with Crippen molar-refractivity contribution in [1.29, 1.82) is 0 Å². The first kappa shape index (κ1) is 13.5. The van der Waals surface area contributed by atoms with Crippen molar-refractivity contribution in [2.24, 2.45) is 11.8 Å². The molecule has 4 nitrogen and oxygen atoms in total. The summed E-state index contributed by atoms with van der Waals surface area (Å²) < 4.78 is 0.930. The topological polar surface area (TPSA) is 55.6 Å². The SMILES string of the molecule is NOCC1CCN(C(=O)c2cccc(Br)c2)CC1. The molecule has 0 aromatic heterocycles. The lowest BCUT2D eigenvalue weighted by molar-refractivity contribution is 0.0525. The average Bonchev–Trinajstić information content (AvgIpc) is 2.39. The minimum atomic E-state index is 0.100. The second-order valence-corrected chi connectivity index (χ2v) is 5.49. The summed E-state index contributed by atoms with van der Waals surface area (Å²) in [4.78, 5) is 18.8. The minimum Gasteiger partial charge on any atom is -0.339 e. The number of halogens is 1.